The fourth-order valence-electron chi connectivity index (χ4n) is 2.98. The quantitative estimate of drug-likeness (QED) is 0.547. The summed E-state index contributed by atoms with van der Waals surface area (Å²) in [5.74, 6) is -0.544. The van der Waals surface area contributed by atoms with Crippen LogP contribution in [0.2, 0.25) is 0 Å². The lowest BCUT2D eigenvalue weighted by atomic mass is 10.1. The molecule has 6 nitrogen and oxygen atoms in total. The Kier molecular flexibility index (Phi) is 6.78. The van der Waals surface area contributed by atoms with Crippen LogP contribution in [0.25, 0.3) is 0 Å². The van der Waals surface area contributed by atoms with E-state index in [1.54, 1.807) is 37.4 Å². The van der Waals surface area contributed by atoms with E-state index >= 15 is 0 Å². The largest absolute Gasteiger partial charge is 0.484 e. The van der Waals surface area contributed by atoms with Crippen LogP contribution in [0.4, 0.5) is 23.4 Å². The third kappa shape index (κ3) is 6.31. The van der Waals surface area contributed by atoms with Crippen LogP contribution in [-0.4, -0.2) is 28.5 Å². The normalized spacial score (nSPS) is 11.1. The number of amides is 1. The summed E-state index contributed by atoms with van der Waals surface area (Å²) in [4.78, 5) is 12.3. The average Bonchev–Trinajstić information content (AvgIpc) is 3.14. The molecule has 1 aromatic heterocycles. The van der Waals surface area contributed by atoms with Crippen LogP contribution in [0, 0.1) is 24.1 Å². The summed E-state index contributed by atoms with van der Waals surface area (Å²) in [5, 5.41) is 15.8. The van der Waals surface area contributed by atoms with Crippen molar-refractivity contribution in [2.45, 2.75) is 26.1 Å². The molecule has 0 aliphatic heterocycles. The summed E-state index contributed by atoms with van der Waals surface area (Å²) < 4.78 is 56.6. The number of carbonyl (C=O) groups is 1. The van der Waals surface area contributed by atoms with Crippen molar-refractivity contribution in [1.29, 1.82) is 5.26 Å². The summed E-state index contributed by atoms with van der Waals surface area (Å²) in [5.41, 5.74) is 1.70. The van der Waals surface area contributed by atoms with E-state index in [4.69, 9.17) is 10.00 Å². The standard InChI is InChI=1S/C22H18F4N4O2/c1-14-8-15(3-5-19(14)32-13-22(24,25)26)10-21(31)28-20-6-7-30(29-20)12-16-2-4-18(23)17(9-16)11-27/h2-9H,10,12-13H2,1H3,(H,28,29,31). The second kappa shape index (κ2) is 9.51. The number of nitriles is 1. The molecule has 2 aromatic carbocycles. The highest BCUT2D eigenvalue weighted by Crippen LogP contribution is 2.23. The molecule has 0 bridgehead atoms. The Balaban J connectivity index is 1.57. The van der Waals surface area contributed by atoms with Crippen LogP contribution < -0.4 is 10.1 Å². The first kappa shape index (κ1) is 22.8. The van der Waals surface area contributed by atoms with Gasteiger partial charge in [-0.25, -0.2) is 4.39 Å². The molecule has 0 spiro atoms. The van der Waals surface area contributed by atoms with Crippen molar-refractivity contribution in [3.63, 3.8) is 0 Å². The van der Waals surface area contributed by atoms with Crippen molar-refractivity contribution < 1.29 is 27.1 Å². The lowest BCUT2D eigenvalue weighted by Gasteiger charge is -2.12. The van der Waals surface area contributed by atoms with Crippen LogP contribution >= 0.6 is 0 Å². The lowest BCUT2D eigenvalue weighted by Crippen LogP contribution is -2.19. The van der Waals surface area contributed by atoms with Crippen LogP contribution in [0.15, 0.2) is 48.7 Å². The fourth-order valence-corrected chi connectivity index (χ4v) is 2.98. The molecular formula is C22H18F4N4O2. The third-order valence-electron chi connectivity index (χ3n) is 4.40. The van der Waals surface area contributed by atoms with Gasteiger partial charge in [-0.15, -0.1) is 0 Å². The van der Waals surface area contributed by atoms with E-state index in [0.29, 0.717) is 22.5 Å². The molecule has 166 valence electrons. The number of alkyl halides is 3. The first-order valence-corrected chi connectivity index (χ1v) is 9.44. The molecule has 1 amide bonds. The Morgan fingerprint density at radius 3 is 2.62 bits per heavy atom. The number of ether oxygens (including phenoxy) is 1. The Labute approximate surface area is 181 Å². The van der Waals surface area contributed by atoms with E-state index in [2.05, 4.69) is 10.4 Å². The maximum absolute atomic E-state index is 13.4. The van der Waals surface area contributed by atoms with Gasteiger partial charge >= 0.3 is 6.18 Å². The summed E-state index contributed by atoms with van der Waals surface area (Å²) in [6, 6.07) is 12.1. The van der Waals surface area contributed by atoms with Gasteiger partial charge in [0.2, 0.25) is 5.91 Å². The van der Waals surface area contributed by atoms with E-state index < -0.39 is 18.6 Å². The number of nitrogens with one attached hydrogen (secondary N) is 1. The van der Waals surface area contributed by atoms with Crippen molar-refractivity contribution in [2.75, 3.05) is 11.9 Å². The van der Waals surface area contributed by atoms with Crippen LogP contribution in [0.5, 0.6) is 5.75 Å². The number of carbonyl (C=O) groups excluding carboxylic acids is 1. The van der Waals surface area contributed by atoms with Gasteiger partial charge in [0.25, 0.3) is 0 Å². The minimum atomic E-state index is -4.43. The molecule has 0 radical (unpaired) electrons. The van der Waals surface area contributed by atoms with E-state index in [1.165, 1.54) is 28.9 Å². The van der Waals surface area contributed by atoms with Gasteiger partial charge in [-0.3, -0.25) is 9.48 Å². The van der Waals surface area contributed by atoms with Crippen LogP contribution in [-0.2, 0) is 17.8 Å². The van der Waals surface area contributed by atoms with Crippen LogP contribution in [0.3, 0.4) is 0 Å². The molecule has 0 atom stereocenters. The first-order valence-electron chi connectivity index (χ1n) is 9.44. The molecule has 0 fully saturated rings. The van der Waals surface area contributed by atoms with Gasteiger partial charge in [0, 0.05) is 12.3 Å². The van der Waals surface area contributed by atoms with Crippen molar-refractivity contribution in [1.82, 2.24) is 9.78 Å². The maximum Gasteiger partial charge on any atom is 0.422 e. The molecule has 0 aliphatic carbocycles. The number of aromatic nitrogens is 2. The summed E-state index contributed by atoms with van der Waals surface area (Å²) in [6.07, 6.45) is -2.80. The number of aryl methyl sites for hydroxylation is 1. The Bertz CT molecular complexity index is 1170. The summed E-state index contributed by atoms with van der Waals surface area (Å²) in [6.45, 7) is 0.497. The highest BCUT2D eigenvalue weighted by atomic mass is 19.4. The zero-order valence-electron chi connectivity index (χ0n) is 16.9. The topological polar surface area (TPSA) is 79.9 Å². The molecule has 10 heteroatoms. The van der Waals surface area contributed by atoms with Crippen molar-refractivity contribution >= 4 is 11.7 Å². The molecule has 1 heterocycles. The second-order valence-electron chi connectivity index (χ2n) is 7.05. The lowest BCUT2D eigenvalue weighted by molar-refractivity contribution is -0.153. The monoisotopic (exact) mass is 446 g/mol. The molecule has 3 aromatic rings. The molecule has 0 aliphatic rings. The maximum atomic E-state index is 13.4. The van der Waals surface area contributed by atoms with Gasteiger partial charge in [-0.1, -0.05) is 18.2 Å². The highest BCUT2D eigenvalue weighted by molar-refractivity contribution is 5.91. The van der Waals surface area contributed by atoms with Crippen molar-refractivity contribution in [3.05, 3.63) is 76.7 Å². The first-order chi connectivity index (χ1) is 15.1. The van der Waals surface area contributed by atoms with Gasteiger partial charge in [0.05, 0.1) is 18.5 Å². The average molecular weight is 446 g/mol. The van der Waals surface area contributed by atoms with Gasteiger partial charge in [0.15, 0.2) is 12.4 Å². The Hall–Kier alpha value is -3.87. The number of hydrogen-bond acceptors (Lipinski definition) is 4. The predicted octanol–water partition coefficient (Wildman–Crippen LogP) is 4.37. The molecule has 0 unspecified atom stereocenters. The molecule has 0 saturated carbocycles. The molecule has 32 heavy (non-hydrogen) atoms. The fraction of sp³-hybridized carbons (Fsp3) is 0.227. The summed E-state index contributed by atoms with van der Waals surface area (Å²) in [7, 11) is 0. The number of halogens is 4. The third-order valence-corrected chi connectivity index (χ3v) is 4.40. The number of nitrogens with zero attached hydrogens (tertiary/aromatic N) is 3. The highest BCUT2D eigenvalue weighted by Gasteiger charge is 2.28. The van der Waals surface area contributed by atoms with Crippen molar-refractivity contribution in [3.8, 4) is 11.8 Å². The minimum absolute atomic E-state index is 0.00323. The van der Waals surface area contributed by atoms with Gasteiger partial charge in [0.1, 0.15) is 17.6 Å². The van der Waals surface area contributed by atoms with Gasteiger partial charge < -0.3 is 10.1 Å². The number of anilines is 1. The predicted molar refractivity (Wildman–Crippen MR) is 108 cm³/mol. The van der Waals surface area contributed by atoms with E-state index in [0.717, 1.165) is 0 Å². The smallest absolute Gasteiger partial charge is 0.422 e. The SMILES string of the molecule is Cc1cc(CC(=O)Nc2ccn(Cc3ccc(F)c(C#N)c3)n2)ccc1OCC(F)(F)F. The van der Waals surface area contributed by atoms with E-state index in [-0.39, 0.29) is 30.2 Å². The van der Waals surface area contributed by atoms with Crippen molar-refractivity contribution in [2.24, 2.45) is 0 Å². The zero-order chi connectivity index (χ0) is 23.3. The Morgan fingerprint density at radius 2 is 1.94 bits per heavy atom. The summed E-state index contributed by atoms with van der Waals surface area (Å²) >= 11 is 0. The zero-order valence-corrected chi connectivity index (χ0v) is 16.9. The van der Waals surface area contributed by atoms with Gasteiger partial charge in [-0.05, 0) is 41.8 Å². The van der Waals surface area contributed by atoms with Gasteiger partial charge in [-0.2, -0.15) is 23.5 Å². The second-order valence-corrected chi connectivity index (χ2v) is 7.05. The Morgan fingerprint density at radius 1 is 1.19 bits per heavy atom. The number of hydrogen-bond donors (Lipinski definition) is 1. The van der Waals surface area contributed by atoms with E-state index in [9.17, 15) is 22.4 Å². The molecule has 0 saturated heterocycles. The van der Waals surface area contributed by atoms with Crippen LogP contribution in [0.1, 0.15) is 22.3 Å². The minimum Gasteiger partial charge on any atom is -0.484 e. The number of rotatable bonds is 7. The molecule has 1 N–H and O–H groups in total. The number of benzene rings is 2. The molecular weight excluding hydrogens is 428 g/mol. The molecule has 3 rings (SSSR count). The van der Waals surface area contributed by atoms with E-state index in [1.807, 2.05) is 0 Å².